The van der Waals surface area contributed by atoms with Gasteiger partial charge in [-0.3, -0.25) is 4.57 Å². The van der Waals surface area contributed by atoms with Gasteiger partial charge in [0.05, 0.1) is 12.9 Å². The predicted molar refractivity (Wildman–Crippen MR) is 79.6 cm³/mol. The van der Waals surface area contributed by atoms with Gasteiger partial charge in [0.15, 0.2) is 23.5 Å². The van der Waals surface area contributed by atoms with E-state index in [-0.39, 0.29) is 23.8 Å². The molecule has 124 valence electrons. The third-order valence-corrected chi connectivity index (χ3v) is 4.17. The first-order chi connectivity index (χ1) is 10.9. The molecule has 4 heterocycles. The number of fused-ring (bicyclic) bond motifs is 2. The van der Waals surface area contributed by atoms with Gasteiger partial charge in [-0.2, -0.15) is 9.97 Å². The normalized spacial score (nSPS) is 32.5. The van der Waals surface area contributed by atoms with E-state index < -0.39 is 24.2 Å². The molecule has 1 unspecified atom stereocenters. The molecule has 10 heteroatoms. The first-order valence-electron chi connectivity index (χ1n) is 7.17. The average Bonchev–Trinajstić information content (AvgIpc) is 3.09. The summed E-state index contributed by atoms with van der Waals surface area (Å²) in [7, 11) is 0. The van der Waals surface area contributed by atoms with E-state index >= 15 is 0 Å². The van der Waals surface area contributed by atoms with Crippen LogP contribution in [0.2, 0.25) is 5.28 Å². The van der Waals surface area contributed by atoms with Crippen LogP contribution in [-0.2, 0) is 14.2 Å². The summed E-state index contributed by atoms with van der Waals surface area (Å²) >= 11 is 5.89. The third kappa shape index (κ3) is 2.27. The summed E-state index contributed by atoms with van der Waals surface area (Å²) in [6, 6.07) is 0. The van der Waals surface area contributed by atoms with Crippen LogP contribution in [-0.4, -0.2) is 55.3 Å². The van der Waals surface area contributed by atoms with Crippen molar-refractivity contribution in [2.24, 2.45) is 0 Å². The zero-order valence-electron chi connectivity index (χ0n) is 12.5. The Morgan fingerprint density at radius 2 is 2.09 bits per heavy atom. The lowest BCUT2D eigenvalue weighted by Crippen LogP contribution is -2.31. The Labute approximate surface area is 136 Å². The second-order valence-corrected chi connectivity index (χ2v) is 6.35. The van der Waals surface area contributed by atoms with Gasteiger partial charge in [0.25, 0.3) is 0 Å². The molecule has 4 rings (SSSR count). The zero-order chi connectivity index (χ0) is 16.4. The Morgan fingerprint density at radius 3 is 2.83 bits per heavy atom. The van der Waals surface area contributed by atoms with E-state index in [2.05, 4.69) is 15.0 Å². The van der Waals surface area contributed by atoms with Gasteiger partial charge in [0.1, 0.15) is 23.8 Å². The van der Waals surface area contributed by atoms with Crippen LogP contribution in [0.15, 0.2) is 6.33 Å². The van der Waals surface area contributed by atoms with Gasteiger partial charge in [0.2, 0.25) is 5.28 Å². The number of hydrogen-bond donors (Lipinski definition) is 2. The van der Waals surface area contributed by atoms with E-state index in [1.165, 1.54) is 0 Å². The van der Waals surface area contributed by atoms with Crippen molar-refractivity contribution < 1.29 is 19.3 Å². The van der Waals surface area contributed by atoms with Gasteiger partial charge >= 0.3 is 0 Å². The number of ether oxygens (including phenoxy) is 3. The molecule has 0 amide bonds. The summed E-state index contributed by atoms with van der Waals surface area (Å²) in [4.78, 5) is 12.3. The first kappa shape index (κ1) is 15.0. The second-order valence-electron chi connectivity index (χ2n) is 6.01. The van der Waals surface area contributed by atoms with E-state index in [0.717, 1.165) is 0 Å². The summed E-state index contributed by atoms with van der Waals surface area (Å²) in [5.74, 6) is -0.566. The Bertz CT molecular complexity index is 766. The zero-order valence-corrected chi connectivity index (χ0v) is 13.3. The smallest absolute Gasteiger partial charge is 0.226 e. The van der Waals surface area contributed by atoms with Crippen LogP contribution in [0.1, 0.15) is 20.1 Å². The lowest BCUT2D eigenvalue weighted by molar-refractivity contribution is -0.199. The highest BCUT2D eigenvalue weighted by molar-refractivity contribution is 6.28. The quantitative estimate of drug-likeness (QED) is 0.757. The van der Waals surface area contributed by atoms with Gasteiger partial charge < -0.3 is 25.1 Å². The van der Waals surface area contributed by atoms with Crippen molar-refractivity contribution in [3.05, 3.63) is 11.6 Å². The molecule has 2 fully saturated rings. The Hall–Kier alpha value is -1.52. The van der Waals surface area contributed by atoms with Crippen molar-refractivity contribution in [1.29, 1.82) is 0 Å². The number of imidazole rings is 1. The molecule has 9 nitrogen and oxygen atoms in total. The standard InChI is InChI=1S/C13H16ClN5O4/c1-13(2)22-7-5(3-20)21-11(8(7)23-13)19-4-16-6-9(15)17-12(14)18-10(6)19/h4-5,7-8,11,20H,3H2,1-2H3,(H2,15,17,18)/t5-,7?,8+,11-/m1/s1. The van der Waals surface area contributed by atoms with Gasteiger partial charge in [-0.1, -0.05) is 0 Å². The summed E-state index contributed by atoms with van der Waals surface area (Å²) in [5.41, 5.74) is 6.70. The number of hydrogen-bond acceptors (Lipinski definition) is 8. The Kier molecular flexibility index (Phi) is 3.26. The molecule has 0 radical (unpaired) electrons. The number of nitrogens with zero attached hydrogens (tertiary/aromatic N) is 4. The maximum atomic E-state index is 9.55. The lowest BCUT2D eigenvalue weighted by Gasteiger charge is -2.24. The molecule has 0 aromatic carbocycles. The van der Waals surface area contributed by atoms with Crippen LogP contribution in [0.5, 0.6) is 0 Å². The number of halogens is 1. The largest absolute Gasteiger partial charge is 0.394 e. The maximum absolute atomic E-state index is 9.55. The highest BCUT2D eigenvalue weighted by atomic mass is 35.5. The first-order valence-corrected chi connectivity index (χ1v) is 7.55. The van der Waals surface area contributed by atoms with Crippen LogP contribution >= 0.6 is 11.6 Å². The molecule has 2 aromatic rings. The van der Waals surface area contributed by atoms with Crippen molar-refractivity contribution in [3.63, 3.8) is 0 Å². The summed E-state index contributed by atoms with van der Waals surface area (Å²) < 4.78 is 19.3. The third-order valence-electron chi connectivity index (χ3n) is 4.00. The molecule has 23 heavy (non-hydrogen) atoms. The molecular weight excluding hydrogens is 326 g/mol. The topological polar surface area (TPSA) is 118 Å². The molecule has 3 N–H and O–H groups in total. The van der Waals surface area contributed by atoms with Crippen molar-refractivity contribution in [2.45, 2.75) is 44.2 Å². The molecule has 2 aromatic heterocycles. The molecule has 0 saturated carbocycles. The van der Waals surface area contributed by atoms with Gasteiger partial charge in [0, 0.05) is 0 Å². The highest BCUT2D eigenvalue weighted by Gasteiger charge is 2.55. The van der Waals surface area contributed by atoms with Crippen LogP contribution in [0.25, 0.3) is 11.2 Å². The van der Waals surface area contributed by atoms with Crippen LogP contribution in [0.3, 0.4) is 0 Å². The second kappa shape index (κ2) is 4.99. The Morgan fingerprint density at radius 1 is 1.35 bits per heavy atom. The number of aliphatic hydroxyl groups is 1. The minimum Gasteiger partial charge on any atom is -0.394 e. The van der Waals surface area contributed by atoms with E-state index in [0.29, 0.717) is 11.2 Å². The molecule has 4 atom stereocenters. The van der Waals surface area contributed by atoms with Crippen LogP contribution in [0.4, 0.5) is 5.82 Å². The number of rotatable bonds is 2. The van der Waals surface area contributed by atoms with Crippen molar-refractivity contribution in [1.82, 2.24) is 19.5 Å². The molecule has 0 spiro atoms. The summed E-state index contributed by atoms with van der Waals surface area (Å²) in [6.07, 6.45) is -0.308. The van der Waals surface area contributed by atoms with Crippen molar-refractivity contribution in [3.8, 4) is 0 Å². The van der Waals surface area contributed by atoms with E-state index in [1.54, 1.807) is 10.9 Å². The number of aliphatic hydroxyl groups excluding tert-OH is 1. The minimum atomic E-state index is -0.757. The van der Waals surface area contributed by atoms with Crippen LogP contribution < -0.4 is 5.73 Å². The monoisotopic (exact) mass is 341 g/mol. The predicted octanol–water partition coefficient (Wildman–Crippen LogP) is 0.472. The maximum Gasteiger partial charge on any atom is 0.226 e. The van der Waals surface area contributed by atoms with E-state index in [1.807, 2.05) is 13.8 Å². The number of nitrogen functional groups attached to an aromatic ring is 1. The Balaban J connectivity index is 1.79. The fourth-order valence-electron chi connectivity index (χ4n) is 3.13. The van der Waals surface area contributed by atoms with E-state index in [4.69, 9.17) is 31.5 Å². The number of nitrogens with two attached hydrogens (primary N) is 1. The SMILES string of the molecule is CC1(C)OC2[C@@H](CO)O[C@@H](n3cnc4c(N)nc(Cl)nc43)[C@H]2O1. The molecule has 2 saturated heterocycles. The van der Waals surface area contributed by atoms with E-state index in [9.17, 15) is 5.11 Å². The minimum absolute atomic E-state index is 0.0222. The molecule has 0 bridgehead atoms. The lowest BCUT2D eigenvalue weighted by atomic mass is 10.1. The molecule has 2 aliphatic heterocycles. The van der Waals surface area contributed by atoms with Gasteiger partial charge in [-0.15, -0.1) is 0 Å². The number of aromatic nitrogens is 4. The number of anilines is 1. The fraction of sp³-hybridized carbons (Fsp3) is 0.615. The highest BCUT2D eigenvalue weighted by Crippen LogP contribution is 2.43. The summed E-state index contributed by atoms with van der Waals surface area (Å²) in [5, 5.41) is 9.57. The summed E-state index contributed by atoms with van der Waals surface area (Å²) in [6.45, 7) is 3.46. The fourth-order valence-corrected chi connectivity index (χ4v) is 3.30. The van der Waals surface area contributed by atoms with Gasteiger partial charge in [-0.25, -0.2) is 4.98 Å². The van der Waals surface area contributed by atoms with Gasteiger partial charge in [-0.05, 0) is 25.4 Å². The molecular formula is C13H16ClN5O4. The molecule has 0 aliphatic carbocycles. The van der Waals surface area contributed by atoms with Crippen molar-refractivity contribution >= 4 is 28.6 Å². The average molecular weight is 342 g/mol. The van der Waals surface area contributed by atoms with Crippen molar-refractivity contribution in [2.75, 3.05) is 12.3 Å². The molecule has 2 aliphatic rings. The van der Waals surface area contributed by atoms with Crippen LogP contribution in [0, 0.1) is 0 Å².